The van der Waals surface area contributed by atoms with E-state index in [2.05, 4.69) is 20.7 Å². The molecule has 3 rings (SSSR count). The molecule has 1 aliphatic heterocycles. The second-order valence-corrected chi connectivity index (χ2v) is 8.12. The van der Waals surface area contributed by atoms with Gasteiger partial charge in [0.2, 0.25) is 11.8 Å². The lowest BCUT2D eigenvalue weighted by molar-refractivity contribution is -0.132. The molecule has 0 unspecified atom stereocenters. The number of rotatable bonds is 8. The van der Waals surface area contributed by atoms with Crippen molar-refractivity contribution in [3.63, 3.8) is 0 Å². The van der Waals surface area contributed by atoms with Crippen molar-refractivity contribution < 1.29 is 9.59 Å². The normalized spacial score (nSPS) is 14.8. The summed E-state index contributed by atoms with van der Waals surface area (Å²) in [5.41, 5.74) is 1.79. The minimum atomic E-state index is 0.0515. The van der Waals surface area contributed by atoms with Gasteiger partial charge in [0, 0.05) is 42.0 Å². The lowest BCUT2D eigenvalue weighted by Gasteiger charge is -2.32. The van der Waals surface area contributed by atoms with Gasteiger partial charge in [-0.1, -0.05) is 29.3 Å². The van der Waals surface area contributed by atoms with Crippen molar-refractivity contribution in [3.8, 4) is 0 Å². The number of H-pyrrole nitrogens is 1. The van der Waals surface area contributed by atoms with Crippen LogP contribution in [-0.2, 0) is 22.4 Å². The molecule has 0 saturated carbocycles. The van der Waals surface area contributed by atoms with Crippen LogP contribution in [0.3, 0.4) is 0 Å². The van der Waals surface area contributed by atoms with Gasteiger partial charge in [-0.2, -0.15) is 15.4 Å². The molecular formula is C20H25Cl2N5O2. The van der Waals surface area contributed by atoms with Gasteiger partial charge in [0.1, 0.15) is 0 Å². The largest absolute Gasteiger partial charge is 0.353 e. The summed E-state index contributed by atoms with van der Waals surface area (Å²) in [5, 5.41) is 14.6. The summed E-state index contributed by atoms with van der Waals surface area (Å²) in [4.78, 5) is 26.5. The highest BCUT2D eigenvalue weighted by atomic mass is 35.5. The van der Waals surface area contributed by atoms with Gasteiger partial charge in [-0.25, -0.2) is 0 Å². The molecule has 2 N–H and O–H groups in total. The van der Waals surface area contributed by atoms with Crippen molar-refractivity contribution in [1.82, 2.24) is 25.6 Å². The van der Waals surface area contributed by atoms with Crippen LogP contribution < -0.4 is 5.32 Å². The van der Waals surface area contributed by atoms with Crippen LogP contribution in [0, 0.1) is 0 Å². The summed E-state index contributed by atoms with van der Waals surface area (Å²) >= 11 is 12.1. The number of carbonyl (C=O) groups is 2. The number of nitrogens with one attached hydrogen (secondary N) is 2. The Morgan fingerprint density at radius 3 is 2.66 bits per heavy atom. The summed E-state index contributed by atoms with van der Waals surface area (Å²) < 4.78 is 0. The van der Waals surface area contributed by atoms with Crippen molar-refractivity contribution >= 4 is 35.0 Å². The zero-order valence-corrected chi connectivity index (χ0v) is 17.7. The second-order valence-electron chi connectivity index (χ2n) is 7.27. The van der Waals surface area contributed by atoms with E-state index in [9.17, 15) is 9.59 Å². The van der Waals surface area contributed by atoms with Crippen LogP contribution in [0.25, 0.3) is 0 Å². The van der Waals surface area contributed by atoms with Crippen molar-refractivity contribution in [2.45, 2.75) is 51.0 Å². The molecule has 1 aromatic carbocycles. The molecule has 2 aromatic rings. The first kappa shape index (κ1) is 21.6. The summed E-state index contributed by atoms with van der Waals surface area (Å²) in [6, 6.07) is 5.47. The predicted octanol–water partition coefficient (Wildman–Crippen LogP) is 3.17. The molecule has 2 amide bonds. The zero-order chi connectivity index (χ0) is 20.6. The van der Waals surface area contributed by atoms with Gasteiger partial charge in [0.05, 0.1) is 11.9 Å². The fourth-order valence-electron chi connectivity index (χ4n) is 3.47. The molecule has 1 aliphatic rings. The molecule has 7 nitrogen and oxygen atoms in total. The number of carbonyl (C=O) groups excluding carboxylic acids is 2. The van der Waals surface area contributed by atoms with Crippen LogP contribution in [0.5, 0.6) is 0 Å². The highest BCUT2D eigenvalue weighted by Gasteiger charge is 2.23. The van der Waals surface area contributed by atoms with E-state index >= 15 is 0 Å². The van der Waals surface area contributed by atoms with Crippen LogP contribution in [0.2, 0.25) is 10.0 Å². The first-order valence-corrected chi connectivity index (χ1v) is 10.6. The van der Waals surface area contributed by atoms with Crippen LogP contribution in [0.15, 0.2) is 24.4 Å². The number of nitrogens with zero attached hydrogens (tertiary/aromatic N) is 3. The molecule has 1 aromatic heterocycles. The van der Waals surface area contributed by atoms with Gasteiger partial charge < -0.3 is 10.2 Å². The van der Waals surface area contributed by atoms with Gasteiger partial charge in [-0.05, 0) is 49.8 Å². The van der Waals surface area contributed by atoms with E-state index < -0.39 is 0 Å². The maximum absolute atomic E-state index is 12.5. The van der Waals surface area contributed by atoms with Crippen molar-refractivity contribution in [2.24, 2.45) is 0 Å². The maximum Gasteiger partial charge on any atom is 0.222 e. The van der Waals surface area contributed by atoms with Crippen LogP contribution in [-0.4, -0.2) is 51.3 Å². The lowest BCUT2D eigenvalue weighted by Crippen LogP contribution is -2.46. The monoisotopic (exact) mass is 437 g/mol. The van der Waals surface area contributed by atoms with Gasteiger partial charge in [-0.3, -0.25) is 9.59 Å². The van der Waals surface area contributed by atoms with Crippen molar-refractivity contribution in [1.29, 1.82) is 0 Å². The molecule has 0 bridgehead atoms. The summed E-state index contributed by atoms with van der Waals surface area (Å²) in [7, 11) is 0. The summed E-state index contributed by atoms with van der Waals surface area (Å²) in [6.45, 7) is 1.33. The number of likely N-dealkylation sites (tertiary alicyclic amines) is 1. The topological polar surface area (TPSA) is 91.0 Å². The Morgan fingerprint density at radius 1 is 1.17 bits per heavy atom. The van der Waals surface area contributed by atoms with E-state index in [1.807, 2.05) is 11.0 Å². The Balaban J connectivity index is 1.33. The number of aromatic nitrogens is 3. The van der Waals surface area contributed by atoms with Crippen LogP contribution >= 0.6 is 23.2 Å². The highest BCUT2D eigenvalue weighted by molar-refractivity contribution is 6.35. The Hall–Kier alpha value is -2.12. The van der Waals surface area contributed by atoms with E-state index in [-0.39, 0.29) is 17.9 Å². The smallest absolute Gasteiger partial charge is 0.222 e. The number of halogens is 2. The average Bonchev–Trinajstić information content (AvgIpc) is 3.21. The fourth-order valence-corrected chi connectivity index (χ4v) is 3.98. The molecule has 156 valence electrons. The molecule has 0 aliphatic carbocycles. The molecule has 2 heterocycles. The SMILES string of the molecule is O=C(CCCc1cn[nH]n1)NC1CCN(C(=O)CCc2ccc(Cl)cc2Cl)CC1. The molecule has 0 radical (unpaired) electrons. The minimum Gasteiger partial charge on any atom is -0.353 e. The zero-order valence-electron chi connectivity index (χ0n) is 16.2. The standard InChI is InChI=1S/C20H25Cl2N5O2/c21-15-6-4-14(18(22)12-15)5-7-20(29)27-10-8-16(9-11-27)24-19(28)3-1-2-17-13-23-26-25-17/h4,6,12-13,16H,1-3,5,7-11H2,(H,24,28)(H,23,25,26). The van der Waals surface area contributed by atoms with Crippen molar-refractivity contribution in [2.75, 3.05) is 13.1 Å². The van der Waals surface area contributed by atoms with E-state index in [1.54, 1.807) is 18.3 Å². The summed E-state index contributed by atoms with van der Waals surface area (Å²) in [5.74, 6) is 0.170. The number of hydrogen-bond donors (Lipinski definition) is 2. The highest BCUT2D eigenvalue weighted by Crippen LogP contribution is 2.22. The molecule has 9 heteroatoms. The third kappa shape index (κ3) is 6.72. The number of benzene rings is 1. The third-order valence-electron chi connectivity index (χ3n) is 5.14. The van der Waals surface area contributed by atoms with Gasteiger partial charge in [0.15, 0.2) is 0 Å². The third-order valence-corrected chi connectivity index (χ3v) is 5.72. The minimum absolute atomic E-state index is 0.0515. The number of amides is 2. The van der Waals surface area contributed by atoms with Gasteiger partial charge in [-0.15, -0.1) is 0 Å². The molecule has 0 spiro atoms. The maximum atomic E-state index is 12.5. The van der Waals surface area contributed by atoms with Gasteiger partial charge in [0.25, 0.3) is 0 Å². The van der Waals surface area contributed by atoms with Crippen LogP contribution in [0.1, 0.15) is 43.4 Å². The second kappa shape index (κ2) is 10.6. The number of aryl methyl sites for hydroxylation is 2. The molecular weight excluding hydrogens is 413 g/mol. The Labute approximate surface area is 180 Å². The van der Waals surface area contributed by atoms with E-state index in [0.717, 1.165) is 36.9 Å². The number of aromatic amines is 1. The Bertz CT molecular complexity index is 820. The van der Waals surface area contributed by atoms with E-state index in [1.165, 1.54) is 0 Å². The predicted molar refractivity (Wildman–Crippen MR) is 112 cm³/mol. The fraction of sp³-hybridized carbons (Fsp3) is 0.500. The molecule has 29 heavy (non-hydrogen) atoms. The van der Waals surface area contributed by atoms with Crippen LogP contribution in [0.4, 0.5) is 0 Å². The molecule has 0 atom stereocenters. The summed E-state index contributed by atoms with van der Waals surface area (Å²) in [6.07, 6.45) is 6.18. The quantitative estimate of drug-likeness (QED) is 0.663. The first-order valence-electron chi connectivity index (χ1n) is 9.87. The Kier molecular flexibility index (Phi) is 7.89. The molecule has 1 fully saturated rings. The molecule has 1 saturated heterocycles. The van der Waals surface area contributed by atoms with E-state index in [0.29, 0.717) is 42.4 Å². The number of piperidine rings is 1. The lowest BCUT2D eigenvalue weighted by atomic mass is 10.0. The van der Waals surface area contributed by atoms with Crippen molar-refractivity contribution in [3.05, 3.63) is 45.7 Å². The van der Waals surface area contributed by atoms with E-state index in [4.69, 9.17) is 23.2 Å². The Morgan fingerprint density at radius 2 is 1.97 bits per heavy atom. The first-order chi connectivity index (χ1) is 14.0. The average molecular weight is 438 g/mol. The number of hydrogen-bond acceptors (Lipinski definition) is 4. The van der Waals surface area contributed by atoms with Gasteiger partial charge >= 0.3 is 0 Å².